The maximum Gasteiger partial charge on any atom is 0.335 e. The Morgan fingerprint density at radius 3 is 2.56 bits per heavy atom. The molecule has 1 aliphatic heterocycles. The molecular weight excluding hydrogens is 348 g/mol. The van der Waals surface area contributed by atoms with Gasteiger partial charge >= 0.3 is 5.97 Å². The van der Waals surface area contributed by atoms with Gasteiger partial charge in [-0.25, -0.2) is 9.69 Å². The average molecular weight is 368 g/mol. The van der Waals surface area contributed by atoms with Gasteiger partial charge in [0.15, 0.2) is 0 Å². The Morgan fingerprint density at radius 2 is 1.93 bits per heavy atom. The fourth-order valence-corrected chi connectivity index (χ4v) is 3.00. The molecule has 27 heavy (non-hydrogen) atoms. The van der Waals surface area contributed by atoms with Crippen molar-refractivity contribution in [2.45, 2.75) is 26.3 Å². The van der Waals surface area contributed by atoms with E-state index < -0.39 is 17.9 Å². The predicted molar refractivity (Wildman–Crippen MR) is 100 cm³/mol. The molecule has 0 radical (unpaired) electrons. The minimum Gasteiger partial charge on any atom is -0.494 e. The highest BCUT2D eigenvalue weighted by molar-refractivity contribution is 6.23. The van der Waals surface area contributed by atoms with Crippen LogP contribution in [0, 0.1) is 6.92 Å². The topological polar surface area (TPSA) is 95.9 Å². The third-order valence-electron chi connectivity index (χ3n) is 4.35. The highest BCUT2D eigenvalue weighted by atomic mass is 16.5. The number of rotatable bonds is 6. The molecule has 0 aliphatic carbocycles. The number of nitrogens with one attached hydrogen (secondary N) is 1. The van der Waals surface area contributed by atoms with Crippen molar-refractivity contribution in [3.8, 4) is 5.75 Å². The summed E-state index contributed by atoms with van der Waals surface area (Å²) in [7, 11) is 0. The molecule has 3 rings (SSSR count). The first-order chi connectivity index (χ1) is 12.9. The first-order valence-corrected chi connectivity index (χ1v) is 8.61. The molecule has 2 amide bonds. The molecular formula is C20H20N2O5. The standard InChI is InChI=1S/C20H20N2O5/c1-3-27-15-8-6-14(7-9-15)21-16-11-18(23)22(19(16)24)17-10-13(20(25)26)5-4-12(17)2/h4-10,16,21H,3,11H2,1-2H3,(H,25,26)/t16-/m0/s1. The van der Waals surface area contributed by atoms with Crippen molar-refractivity contribution >= 4 is 29.2 Å². The van der Waals surface area contributed by atoms with Crippen molar-refractivity contribution in [2.24, 2.45) is 0 Å². The number of aryl methyl sites for hydroxylation is 1. The molecule has 0 aromatic heterocycles. The SMILES string of the molecule is CCOc1ccc(N[C@H]2CC(=O)N(c3cc(C(=O)O)ccc3C)C2=O)cc1. The van der Waals surface area contributed by atoms with Gasteiger partial charge in [-0.05, 0) is 55.8 Å². The van der Waals surface area contributed by atoms with Crippen molar-refractivity contribution in [3.05, 3.63) is 53.6 Å². The number of anilines is 2. The Bertz CT molecular complexity index is 892. The van der Waals surface area contributed by atoms with Gasteiger partial charge in [0.1, 0.15) is 11.8 Å². The van der Waals surface area contributed by atoms with E-state index in [-0.39, 0.29) is 17.9 Å². The molecule has 140 valence electrons. The molecule has 2 N–H and O–H groups in total. The molecule has 0 unspecified atom stereocenters. The molecule has 2 aromatic rings. The van der Waals surface area contributed by atoms with Crippen LogP contribution in [0.25, 0.3) is 0 Å². The van der Waals surface area contributed by atoms with E-state index in [1.54, 1.807) is 37.3 Å². The van der Waals surface area contributed by atoms with Crippen molar-refractivity contribution in [2.75, 3.05) is 16.8 Å². The average Bonchev–Trinajstić information content (AvgIpc) is 2.91. The zero-order chi connectivity index (χ0) is 19.6. The summed E-state index contributed by atoms with van der Waals surface area (Å²) in [6.45, 7) is 4.19. The smallest absolute Gasteiger partial charge is 0.335 e. The predicted octanol–water partition coefficient (Wildman–Crippen LogP) is 2.84. The zero-order valence-electron chi connectivity index (χ0n) is 15.1. The van der Waals surface area contributed by atoms with E-state index in [9.17, 15) is 19.5 Å². The van der Waals surface area contributed by atoms with Gasteiger partial charge in [0.05, 0.1) is 24.3 Å². The molecule has 0 bridgehead atoms. The summed E-state index contributed by atoms with van der Waals surface area (Å²) in [6.07, 6.45) is 0.00276. The van der Waals surface area contributed by atoms with Crippen LogP contribution in [-0.2, 0) is 9.59 Å². The minimum absolute atomic E-state index is 0.00276. The minimum atomic E-state index is -1.11. The van der Waals surface area contributed by atoms with Gasteiger partial charge in [0.2, 0.25) is 5.91 Å². The largest absolute Gasteiger partial charge is 0.494 e. The number of carboxylic acid groups (broad SMARTS) is 1. The highest BCUT2D eigenvalue weighted by Crippen LogP contribution is 2.29. The molecule has 1 fully saturated rings. The van der Waals surface area contributed by atoms with Gasteiger partial charge in [0, 0.05) is 5.69 Å². The van der Waals surface area contributed by atoms with Crippen LogP contribution in [0.4, 0.5) is 11.4 Å². The second-order valence-electron chi connectivity index (χ2n) is 6.23. The number of imide groups is 1. The van der Waals surface area contributed by atoms with Crippen molar-refractivity contribution in [3.63, 3.8) is 0 Å². The number of nitrogens with zero attached hydrogens (tertiary/aromatic N) is 1. The second-order valence-corrected chi connectivity index (χ2v) is 6.23. The Kier molecular flexibility index (Phi) is 5.12. The normalized spacial score (nSPS) is 16.5. The third kappa shape index (κ3) is 3.76. The highest BCUT2D eigenvalue weighted by Gasteiger charge is 2.40. The number of hydrogen-bond acceptors (Lipinski definition) is 5. The molecule has 1 aliphatic rings. The molecule has 0 spiro atoms. The van der Waals surface area contributed by atoms with Crippen LogP contribution in [-0.4, -0.2) is 35.5 Å². The quantitative estimate of drug-likeness (QED) is 0.761. The van der Waals surface area contributed by atoms with Crippen LogP contribution in [0.1, 0.15) is 29.3 Å². The van der Waals surface area contributed by atoms with E-state index in [4.69, 9.17) is 4.74 Å². The maximum atomic E-state index is 12.8. The Hall–Kier alpha value is -3.35. The van der Waals surface area contributed by atoms with Crippen LogP contribution in [0.5, 0.6) is 5.75 Å². The lowest BCUT2D eigenvalue weighted by molar-refractivity contribution is -0.121. The summed E-state index contributed by atoms with van der Waals surface area (Å²) in [5.41, 5.74) is 1.69. The van der Waals surface area contributed by atoms with Crippen LogP contribution in [0.15, 0.2) is 42.5 Å². The van der Waals surface area contributed by atoms with Crippen LogP contribution >= 0.6 is 0 Å². The van der Waals surface area contributed by atoms with E-state index in [1.807, 2.05) is 6.92 Å². The fourth-order valence-electron chi connectivity index (χ4n) is 3.00. The summed E-state index contributed by atoms with van der Waals surface area (Å²) >= 11 is 0. The number of amides is 2. The summed E-state index contributed by atoms with van der Waals surface area (Å²) < 4.78 is 5.38. The van der Waals surface area contributed by atoms with Crippen LogP contribution in [0.3, 0.4) is 0 Å². The molecule has 7 heteroatoms. The van der Waals surface area contributed by atoms with Crippen molar-refractivity contribution < 1.29 is 24.2 Å². The van der Waals surface area contributed by atoms with Gasteiger partial charge in [-0.2, -0.15) is 0 Å². The van der Waals surface area contributed by atoms with Gasteiger partial charge in [-0.15, -0.1) is 0 Å². The number of aromatic carboxylic acids is 1. The maximum absolute atomic E-state index is 12.8. The zero-order valence-corrected chi connectivity index (χ0v) is 15.1. The number of benzene rings is 2. The van der Waals surface area contributed by atoms with Crippen LogP contribution in [0.2, 0.25) is 0 Å². The van der Waals surface area contributed by atoms with E-state index in [0.29, 0.717) is 23.5 Å². The fraction of sp³-hybridized carbons (Fsp3) is 0.250. The van der Waals surface area contributed by atoms with Gasteiger partial charge < -0.3 is 15.2 Å². The summed E-state index contributed by atoms with van der Waals surface area (Å²) in [5, 5.41) is 12.2. The van der Waals surface area contributed by atoms with Gasteiger partial charge in [-0.3, -0.25) is 9.59 Å². The van der Waals surface area contributed by atoms with E-state index in [0.717, 1.165) is 10.6 Å². The van der Waals surface area contributed by atoms with Crippen molar-refractivity contribution in [1.82, 2.24) is 0 Å². The Morgan fingerprint density at radius 1 is 1.22 bits per heavy atom. The summed E-state index contributed by atoms with van der Waals surface area (Å²) in [4.78, 5) is 37.5. The monoisotopic (exact) mass is 368 g/mol. The first-order valence-electron chi connectivity index (χ1n) is 8.61. The Balaban J connectivity index is 1.81. The number of ether oxygens (including phenoxy) is 1. The molecule has 1 saturated heterocycles. The lowest BCUT2D eigenvalue weighted by Gasteiger charge is -2.18. The lowest BCUT2D eigenvalue weighted by atomic mass is 10.1. The van der Waals surface area contributed by atoms with Gasteiger partial charge in [0.25, 0.3) is 5.91 Å². The van der Waals surface area contributed by atoms with E-state index >= 15 is 0 Å². The number of carbonyl (C=O) groups excluding carboxylic acids is 2. The van der Waals surface area contributed by atoms with Gasteiger partial charge in [-0.1, -0.05) is 6.07 Å². The molecule has 7 nitrogen and oxygen atoms in total. The van der Waals surface area contributed by atoms with E-state index in [1.165, 1.54) is 12.1 Å². The summed E-state index contributed by atoms with van der Waals surface area (Å²) in [6, 6.07) is 10.8. The molecule has 2 aromatic carbocycles. The number of hydrogen-bond donors (Lipinski definition) is 2. The Labute approximate surface area is 156 Å². The third-order valence-corrected chi connectivity index (χ3v) is 4.35. The lowest BCUT2D eigenvalue weighted by Crippen LogP contribution is -2.35. The second kappa shape index (κ2) is 7.49. The first kappa shape index (κ1) is 18.4. The number of carbonyl (C=O) groups is 3. The van der Waals surface area contributed by atoms with E-state index in [2.05, 4.69) is 5.32 Å². The number of carboxylic acids is 1. The molecule has 1 atom stereocenters. The van der Waals surface area contributed by atoms with Crippen molar-refractivity contribution in [1.29, 1.82) is 0 Å². The summed E-state index contributed by atoms with van der Waals surface area (Å²) in [5.74, 6) is -1.16. The van der Waals surface area contributed by atoms with Crippen LogP contribution < -0.4 is 15.0 Å². The molecule has 1 heterocycles. The molecule has 0 saturated carbocycles.